The second-order valence-electron chi connectivity index (χ2n) is 7.63. The maximum absolute atomic E-state index is 6.14. The maximum atomic E-state index is 6.14. The monoisotopic (exact) mass is 416 g/mol. The van der Waals surface area contributed by atoms with Crippen LogP contribution in [0.5, 0.6) is 11.9 Å². The fraction of sp³-hybridized carbons (Fsp3) is 0.308. The lowest BCUT2D eigenvalue weighted by Gasteiger charge is -2.24. The van der Waals surface area contributed by atoms with E-state index in [2.05, 4.69) is 35.3 Å². The highest BCUT2D eigenvalue weighted by atomic mass is 16.5. The van der Waals surface area contributed by atoms with E-state index in [4.69, 9.17) is 19.2 Å². The number of rotatable bonds is 8. The first-order chi connectivity index (χ1) is 15.3. The minimum absolute atomic E-state index is 0.215. The molecule has 0 aliphatic heterocycles. The molecule has 1 heterocycles. The van der Waals surface area contributed by atoms with E-state index in [0.29, 0.717) is 24.9 Å². The molecule has 1 aliphatic rings. The van der Waals surface area contributed by atoms with Gasteiger partial charge in [0.05, 0.1) is 32.6 Å². The Morgan fingerprint density at radius 1 is 0.871 bits per heavy atom. The lowest BCUT2D eigenvalue weighted by atomic mass is 9.91. The van der Waals surface area contributed by atoms with Gasteiger partial charge in [-0.2, -0.15) is 9.97 Å². The van der Waals surface area contributed by atoms with Gasteiger partial charge in [-0.05, 0) is 36.0 Å². The summed E-state index contributed by atoms with van der Waals surface area (Å²) in [5.41, 5.74) is 5.49. The molecule has 0 amide bonds. The molecule has 160 valence electrons. The van der Waals surface area contributed by atoms with Crippen LogP contribution in [0.25, 0.3) is 5.57 Å². The van der Waals surface area contributed by atoms with Crippen molar-refractivity contribution < 1.29 is 14.2 Å². The summed E-state index contributed by atoms with van der Waals surface area (Å²) in [4.78, 5) is 9.15. The van der Waals surface area contributed by atoms with E-state index in [1.54, 1.807) is 14.2 Å². The number of hydrogen-bond acceptors (Lipinski definition) is 5. The lowest BCUT2D eigenvalue weighted by molar-refractivity contribution is 0.0359. The van der Waals surface area contributed by atoms with E-state index < -0.39 is 0 Å². The second-order valence-corrected chi connectivity index (χ2v) is 7.63. The summed E-state index contributed by atoms with van der Waals surface area (Å²) in [5, 5.41) is 0. The zero-order chi connectivity index (χ0) is 21.5. The zero-order valence-electron chi connectivity index (χ0n) is 18.1. The van der Waals surface area contributed by atoms with Crippen molar-refractivity contribution >= 4 is 5.57 Å². The van der Waals surface area contributed by atoms with Crippen molar-refractivity contribution in [2.45, 2.75) is 38.4 Å². The van der Waals surface area contributed by atoms with E-state index in [0.717, 1.165) is 30.5 Å². The predicted molar refractivity (Wildman–Crippen MR) is 121 cm³/mol. The van der Waals surface area contributed by atoms with E-state index in [1.807, 2.05) is 36.4 Å². The quantitative estimate of drug-likeness (QED) is 0.503. The van der Waals surface area contributed by atoms with Crippen LogP contribution < -0.4 is 9.47 Å². The first-order valence-electron chi connectivity index (χ1n) is 10.6. The minimum Gasteiger partial charge on any atom is -0.481 e. The van der Waals surface area contributed by atoms with Gasteiger partial charge in [0.2, 0.25) is 5.88 Å². The fourth-order valence-electron chi connectivity index (χ4n) is 3.89. The third-order valence-corrected chi connectivity index (χ3v) is 5.54. The molecule has 0 saturated heterocycles. The van der Waals surface area contributed by atoms with Gasteiger partial charge in [-0.3, -0.25) is 0 Å². The Morgan fingerprint density at radius 2 is 1.58 bits per heavy atom. The summed E-state index contributed by atoms with van der Waals surface area (Å²) in [5.74, 6) is 0.564. The van der Waals surface area contributed by atoms with Crippen molar-refractivity contribution in [1.29, 1.82) is 0 Å². The molecule has 0 saturated carbocycles. The first kappa shape index (κ1) is 21.1. The standard InChI is InChI=1S/C26H28N2O3/c1-29-25-23(17-19-9-5-3-6-10-19)24(27-26(28-25)30-2)21-13-15-22(16-14-21)31-18-20-11-7-4-8-12-20/h3-13,22H,14-18H2,1-2H3. The Bertz CT molecular complexity index is 1020. The number of allylic oxidation sites excluding steroid dienone is 1. The Balaban J connectivity index is 1.55. The van der Waals surface area contributed by atoms with Gasteiger partial charge in [0, 0.05) is 12.0 Å². The molecule has 4 rings (SSSR count). The maximum Gasteiger partial charge on any atom is 0.320 e. The number of ether oxygens (including phenoxy) is 3. The number of aromatic nitrogens is 2. The molecule has 5 heteroatoms. The average Bonchev–Trinajstić information content (AvgIpc) is 2.84. The lowest BCUT2D eigenvalue weighted by Crippen LogP contribution is -2.17. The largest absolute Gasteiger partial charge is 0.481 e. The molecule has 1 atom stereocenters. The van der Waals surface area contributed by atoms with Crippen LogP contribution in [0.3, 0.4) is 0 Å². The van der Waals surface area contributed by atoms with Crippen LogP contribution in [-0.4, -0.2) is 30.3 Å². The van der Waals surface area contributed by atoms with Crippen LogP contribution >= 0.6 is 0 Å². The highest BCUT2D eigenvalue weighted by Gasteiger charge is 2.23. The van der Waals surface area contributed by atoms with Gasteiger partial charge in [0.25, 0.3) is 0 Å². The second kappa shape index (κ2) is 10.2. The SMILES string of the molecule is COc1nc(OC)c(Cc2ccccc2)c(C2=CCC(OCc3ccccc3)CC2)n1. The molecule has 1 aliphatic carbocycles. The van der Waals surface area contributed by atoms with Crippen LogP contribution in [0.4, 0.5) is 0 Å². The highest BCUT2D eigenvalue weighted by molar-refractivity contribution is 5.68. The van der Waals surface area contributed by atoms with Crippen LogP contribution in [0, 0.1) is 0 Å². The van der Waals surface area contributed by atoms with Crippen LogP contribution in [0.15, 0.2) is 66.7 Å². The fourth-order valence-corrected chi connectivity index (χ4v) is 3.89. The molecule has 0 radical (unpaired) electrons. The molecule has 0 bridgehead atoms. The number of benzene rings is 2. The van der Waals surface area contributed by atoms with E-state index in [9.17, 15) is 0 Å². The molecule has 1 unspecified atom stereocenters. The molecular weight excluding hydrogens is 388 g/mol. The van der Waals surface area contributed by atoms with Crippen LogP contribution in [0.1, 0.15) is 41.6 Å². The van der Waals surface area contributed by atoms with Crippen molar-refractivity contribution in [3.8, 4) is 11.9 Å². The zero-order valence-corrected chi connectivity index (χ0v) is 18.1. The molecule has 2 aromatic carbocycles. The Kier molecular flexibility index (Phi) is 6.95. The van der Waals surface area contributed by atoms with Gasteiger partial charge in [-0.1, -0.05) is 66.7 Å². The molecule has 3 aromatic rings. The number of methoxy groups -OCH3 is 2. The highest BCUT2D eigenvalue weighted by Crippen LogP contribution is 2.34. The van der Waals surface area contributed by atoms with Gasteiger partial charge >= 0.3 is 6.01 Å². The molecule has 0 spiro atoms. The van der Waals surface area contributed by atoms with Crippen LogP contribution in [0.2, 0.25) is 0 Å². The summed E-state index contributed by atoms with van der Waals surface area (Å²) in [6.07, 6.45) is 5.88. The molecule has 0 fully saturated rings. The Morgan fingerprint density at radius 3 is 2.19 bits per heavy atom. The third-order valence-electron chi connectivity index (χ3n) is 5.54. The third kappa shape index (κ3) is 5.30. The van der Waals surface area contributed by atoms with E-state index in [1.165, 1.54) is 16.7 Å². The normalized spacial score (nSPS) is 15.9. The topological polar surface area (TPSA) is 53.5 Å². The van der Waals surface area contributed by atoms with Gasteiger partial charge < -0.3 is 14.2 Å². The van der Waals surface area contributed by atoms with Crippen molar-refractivity contribution in [2.24, 2.45) is 0 Å². The van der Waals surface area contributed by atoms with Crippen molar-refractivity contribution in [3.63, 3.8) is 0 Å². The number of hydrogen-bond donors (Lipinski definition) is 0. The van der Waals surface area contributed by atoms with Gasteiger partial charge in [-0.25, -0.2) is 0 Å². The molecule has 31 heavy (non-hydrogen) atoms. The summed E-state index contributed by atoms with van der Waals surface area (Å²) in [7, 11) is 3.22. The first-order valence-corrected chi connectivity index (χ1v) is 10.6. The van der Waals surface area contributed by atoms with Gasteiger partial charge in [-0.15, -0.1) is 0 Å². The summed E-state index contributed by atoms with van der Waals surface area (Å²) < 4.78 is 17.1. The molecule has 0 N–H and O–H groups in total. The summed E-state index contributed by atoms with van der Waals surface area (Å²) in [6.45, 7) is 0.642. The Labute approximate surface area is 183 Å². The summed E-state index contributed by atoms with van der Waals surface area (Å²) in [6, 6.07) is 20.9. The van der Waals surface area contributed by atoms with Gasteiger partial charge in [0.15, 0.2) is 0 Å². The summed E-state index contributed by atoms with van der Waals surface area (Å²) >= 11 is 0. The van der Waals surface area contributed by atoms with E-state index >= 15 is 0 Å². The molecule has 5 nitrogen and oxygen atoms in total. The molecule has 1 aromatic heterocycles. The Hall–Kier alpha value is -3.18. The minimum atomic E-state index is 0.215. The van der Waals surface area contributed by atoms with Crippen LogP contribution in [-0.2, 0) is 17.8 Å². The van der Waals surface area contributed by atoms with Crippen molar-refractivity contribution in [3.05, 3.63) is 89.1 Å². The van der Waals surface area contributed by atoms with Gasteiger partial charge in [0.1, 0.15) is 0 Å². The predicted octanol–water partition coefficient (Wildman–Crippen LogP) is 5.24. The average molecular weight is 417 g/mol. The van der Waals surface area contributed by atoms with E-state index in [-0.39, 0.29) is 6.10 Å². The smallest absolute Gasteiger partial charge is 0.320 e. The number of nitrogens with zero attached hydrogens (tertiary/aromatic N) is 2. The van der Waals surface area contributed by atoms with Crippen molar-refractivity contribution in [1.82, 2.24) is 9.97 Å². The van der Waals surface area contributed by atoms with Crippen molar-refractivity contribution in [2.75, 3.05) is 14.2 Å². The molecular formula is C26H28N2O3.